The number of carbonyl (C=O) groups is 3. The van der Waals surface area contributed by atoms with Crippen LogP contribution in [0.5, 0.6) is 0 Å². The zero-order valence-electron chi connectivity index (χ0n) is 18.5. The molecule has 2 rings (SSSR count). The summed E-state index contributed by atoms with van der Waals surface area (Å²) in [5.41, 5.74) is 1.02. The van der Waals surface area contributed by atoms with E-state index in [0.717, 1.165) is 10.5 Å². The first-order chi connectivity index (χ1) is 13.3. The molecule has 2 amide bonds. The molecule has 1 heterocycles. The Kier molecular flexibility index (Phi) is 7.06. The van der Waals surface area contributed by atoms with Crippen molar-refractivity contribution in [2.45, 2.75) is 77.9 Å². The van der Waals surface area contributed by atoms with Gasteiger partial charge in [0.1, 0.15) is 5.92 Å². The second-order valence-electron chi connectivity index (χ2n) is 9.20. The van der Waals surface area contributed by atoms with Crippen LogP contribution in [0.1, 0.15) is 46.6 Å². The van der Waals surface area contributed by atoms with Crippen molar-refractivity contribution in [3.05, 3.63) is 35.9 Å². The molecule has 7 heteroatoms. The van der Waals surface area contributed by atoms with Crippen LogP contribution in [-0.2, 0) is 30.0 Å². The van der Waals surface area contributed by atoms with Gasteiger partial charge in [-0.3, -0.25) is 14.4 Å². The molecule has 1 aromatic carbocycles. The van der Waals surface area contributed by atoms with Crippen LogP contribution in [0.3, 0.4) is 0 Å². The number of hydrogen-bond donors (Lipinski definition) is 0. The van der Waals surface area contributed by atoms with E-state index >= 15 is 0 Å². The normalized spacial score (nSPS) is 20.8. The largest absolute Gasteiger partial charge is 0.440 e. The molecule has 0 unspecified atom stereocenters. The molecule has 0 spiro atoms. The Balaban J connectivity index is 2.10. The van der Waals surface area contributed by atoms with Gasteiger partial charge in [0, 0.05) is 13.3 Å². The van der Waals surface area contributed by atoms with Gasteiger partial charge >= 0.3 is 5.97 Å². The maximum absolute atomic E-state index is 12.8. The van der Waals surface area contributed by atoms with Crippen LogP contribution >= 0.6 is 0 Å². The zero-order valence-corrected chi connectivity index (χ0v) is 19.5. The summed E-state index contributed by atoms with van der Waals surface area (Å²) in [7, 11) is -2.12. The molecule has 1 aromatic rings. The van der Waals surface area contributed by atoms with Crippen molar-refractivity contribution in [3.8, 4) is 0 Å². The highest BCUT2D eigenvalue weighted by Crippen LogP contribution is 2.40. The third-order valence-corrected chi connectivity index (χ3v) is 10.5. The summed E-state index contributed by atoms with van der Waals surface area (Å²) in [5.74, 6) is -1.84. The third-order valence-electron chi connectivity index (χ3n) is 5.90. The number of likely N-dealkylation sites (tertiary alicyclic amines) is 1. The third kappa shape index (κ3) is 5.33. The number of amides is 2. The number of rotatable bonds is 7. The van der Waals surface area contributed by atoms with Gasteiger partial charge in [0.05, 0.1) is 6.10 Å². The van der Waals surface area contributed by atoms with Crippen LogP contribution in [0.4, 0.5) is 0 Å². The summed E-state index contributed by atoms with van der Waals surface area (Å²) in [5, 5.41) is -0.0177. The van der Waals surface area contributed by atoms with Gasteiger partial charge in [0.25, 0.3) is 0 Å². The van der Waals surface area contributed by atoms with E-state index in [1.807, 2.05) is 37.3 Å². The lowest BCUT2D eigenvalue weighted by Crippen LogP contribution is -2.68. The molecule has 0 bridgehead atoms. The molecule has 0 aromatic heterocycles. The first kappa shape index (κ1) is 23.3. The van der Waals surface area contributed by atoms with Crippen LogP contribution in [-0.4, -0.2) is 43.3 Å². The quantitative estimate of drug-likeness (QED) is 0.381. The summed E-state index contributed by atoms with van der Waals surface area (Å²) in [6.45, 7) is 13.7. The van der Waals surface area contributed by atoms with Crippen molar-refractivity contribution in [1.29, 1.82) is 0 Å². The molecule has 0 N–H and O–H groups in total. The van der Waals surface area contributed by atoms with Crippen LogP contribution in [0.15, 0.2) is 30.3 Å². The van der Waals surface area contributed by atoms with Crippen molar-refractivity contribution in [3.63, 3.8) is 0 Å². The van der Waals surface area contributed by atoms with Gasteiger partial charge in [0.15, 0.2) is 14.5 Å². The monoisotopic (exact) mass is 419 g/mol. The SMILES string of the molecule is CC(=O)O[C@@H]1[C@@H]([C@@H](C)O[Si](C)(C)C(C)(C)C)C(=O)N1C(=O)CCc1ccccc1. The fourth-order valence-electron chi connectivity index (χ4n) is 3.21. The Hall–Kier alpha value is -1.99. The maximum atomic E-state index is 12.8. The highest BCUT2D eigenvalue weighted by molar-refractivity contribution is 6.74. The maximum Gasteiger partial charge on any atom is 0.304 e. The number of hydrogen-bond acceptors (Lipinski definition) is 5. The number of carbonyl (C=O) groups excluding carboxylic acids is 3. The van der Waals surface area contributed by atoms with E-state index in [1.165, 1.54) is 6.92 Å². The molecular formula is C22H33NO5Si. The molecule has 1 aliphatic rings. The predicted molar refractivity (Wildman–Crippen MR) is 113 cm³/mol. The van der Waals surface area contributed by atoms with Crippen LogP contribution in [0.25, 0.3) is 0 Å². The van der Waals surface area contributed by atoms with Crippen LogP contribution < -0.4 is 0 Å². The Labute approximate surface area is 174 Å². The number of β-lactam (4-membered cyclic amide) rings is 1. The van der Waals surface area contributed by atoms with Gasteiger partial charge < -0.3 is 9.16 Å². The summed E-state index contributed by atoms with van der Waals surface area (Å²) >= 11 is 0. The first-order valence-corrected chi connectivity index (χ1v) is 13.0. The Morgan fingerprint density at radius 1 is 1.17 bits per heavy atom. The summed E-state index contributed by atoms with van der Waals surface area (Å²) in [6, 6.07) is 9.60. The van der Waals surface area contributed by atoms with Gasteiger partial charge in [0.2, 0.25) is 11.8 Å². The Morgan fingerprint density at radius 2 is 1.76 bits per heavy atom. The minimum atomic E-state index is -2.12. The van der Waals surface area contributed by atoms with Crippen molar-refractivity contribution in [2.24, 2.45) is 5.92 Å². The molecule has 3 atom stereocenters. The first-order valence-electron chi connectivity index (χ1n) is 10.1. The van der Waals surface area contributed by atoms with E-state index in [-0.39, 0.29) is 23.3 Å². The second-order valence-corrected chi connectivity index (χ2v) is 14.0. The van der Waals surface area contributed by atoms with E-state index in [9.17, 15) is 14.4 Å². The molecule has 1 saturated heterocycles. The molecule has 0 saturated carbocycles. The fraction of sp³-hybridized carbons (Fsp3) is 0.591. The van der Waals surface area contributed by atoms with Gasteiger partial charge in [-0.25, -0.2) is 4.90 Å². The summed E-state index contributed by atoms with van der Waals surface area (Å²) in [4.78, 5) is 38.2. The minimum Gasteiger partial charge on any atom is -0.440 e. The number of esters is 1. The lowest BCUT2D eigenvalue weighted by Gasteiger charge is -2.49. The predicted octanol–water partition coefficient (Wildman–Crippen LogP) is 3.90. The van der Waals surface area contributed by atoms with E-state index in [4.69, 9.17) is 9.16 Å². The van der Waals surface area contributed by atoms with E-state index < -0.39 is 32.5 Å². The molecule has 0 radical (unpaired) electrons. The fourth-order valence-corrected chi connectivity index (χ4v) is 4.64. The number of imide groups is 1. The van der Waals surface area contributed by atoms with Crippen molar-refractivity contribution >= 4 is 26.1 Å². The molecule has 0 aliphatic carbocycles. The highest BCUT2D eigenvalue weighted by atomic mass is 28.4. The molecular weight excluding hydrogens is 386 g/mol. The van der Waals surface area contributed by atoms with Crippen molar-refractivity contribution < 1.29 is 23.5 Å². The van der Waals surface area contributed by atoms with Crippen molar-refractivity contribution in [2.75, 3.05) is 0 Å². The van der Waals surface area contributed by atoms with E-state index in [1.54, 1.807) is 0 Å². The average molecular weight is 420 g/mol. The number of aryl methyl sites for hydroxylation is 1. The van der Waals surface area contributed by atoms with Crippen molar-refractivity contribution in [1.82, 2.24) is 4.90 Å². The standard InChI is InChI=1S/C22H33NO5Si/c1-15(28-29(6,7)22(3,4)5)19-20(26)23(21(19)27-16(2)24)18(25)14-13-17-11-9-8-10-12-17/h8-12,15,19,21H,13-14H2,1-7H3/t15-,19+,21-/m1/s1. The molecule has 160 valence electrons. The topological polar surface area (TPSA) is 72.9 Å². The number of ether oxygens (including phenoxy) is 1. The highest BCUT2D eigenvalue weighted by Gasteiger charge is 2.56. The average Bonchev–Trinajstić information content (AvgIpc) is 2.58. The van der Waals surface area contributed by atoms with Crippen LogP contribution in [0, 0.1) is 5.92 Å². The van der Waals surface area contributed by atoms with Gasteiger partial charge in [-0.2, -0.15) is 0 Å². The van der Waals surface area contributed by atoms with Gasteiger partial charge in [-0.15, -0.1) is 0 Å². The molecule has 29 heavy (non-hydrogen) atoms. The minimum absolute atomic E-state index is 0.0177. The zero-order chi connectivity index (χ0) is 22.0. The van der Waals surface area contributed by atoms with Gasteiger partial charge in [-0.05, 0) is 37.0 Å². The Morgan fingerprint density at radius 3 is 2.28 bits per heavy atom. The summed E-state index contributed by atoms with van der Waals surface area (Å²) in [6.07, 6.45) is -0.636. The molecule has 1 aliphatic heterocycles. The Bertz CT molecular complexity index is 756. The van der Waals surface area contributed by atoms with Crippen LogP contribution in [0.2, 0.25) is 18.1 Å². The molecule has 6 nitrogen and oxygen atoms in total. The van der Waals surface area contributed by atoms with E-state index in [2.05, 4.69) is 33.9 Å². The lowest BCUT2D eigenvalue weighted by atomic mass is 9.89. The number of benzene rings is 1. The number of nitrogens with zero attached hydrogens (tertiary/aromatic N) is 1. The summed E-state index contributed by atoms with van der Waals surface area (Å²) < 4.78 is 11.7. The van der Waals surface area contributed by atoms with Gasteiger partial charge in [-0.1, -0.05) is 51.1 Å². The lowest BCUT2D eigenvalue weighted by molar-refractivity contribution is -0.207. The smallest absolute Gasteiger partial charge is 0.304 e. The van der Waals surface area contributed by atoms with E-state index in [0.29, 0.717) is 6.42 Å². The second kappa shape index (κ2) is 8.79. The molecule has 1 fully saturated rings.